The molecule has 0 amide bonds. The third-order valence-corrected chi connectivity index (χ3v) is 6.69. The van der Waals surface area contributed by atoms with Gasteiger partial charge in [-0.2, -0.15) is 13.7 Å². The number of H-pyrrole nitrogens is 1. The van der Waals surface area contributed by atoms with E-state index < -0.39 is 15.1 Å². The van der Waals surface area contributed by atoms with Crippen LogP contribution in [0.15, 0.2) is 58.5 Å². The Morgan fingerprint density at radius 2 is 1.94 bits per heavy atom. The quantitative estimate of drug-likeness (QED) is 0.397. The van der Waals surface area contributed by atoms with E-state index in [4.69, 9.17) is 0 Å². The van der Waals surface area contributed by atoms with Crippen molar-refractivity contribution in [2.75, 3.05) is 0 Å². The lowest BCUT2D eigenvalue weighted by atomic mass is 9.98. The van der Waals surface area contributed by atoms with Gasteiger partial charge >= 0.3 is 10.2 Å². The van der Waals surface area contributed by atoms with Crippen LogP contribution < -0.4 is 5.43 Å². The Morgan fingerprint density at radius 3 is 2.64 bits per heavy atom. The number of hydrogen-bond acceptors (Lipinski definition) is 5. The summed E-state index contributed by atoms with van der Waals surface area (Å²) in [7, 11) is -4.90. The number of nitriles is 1. The van der Waals surface area contributed by atoms with Crippen molar-refractivity contribution in [1.29, 1.82) is 5.26 Å². The molecule has 1 N–H and O–H groups in total. The zero-order valence-electron chi connectivity index (χ0n) is 17.7. The first-order valence-electron chi connectivity index (χ1n) is 10.2. The van der Waals surface area contributed by atoms with Crippen molar-refractivity contribution in [3.63, 3.8) is 0 Å². The summed E-state index contributed by atoms with van der Waals surface area (Å²) >= 11 is 0. The van der Waals surface area contributed by atoms with E-state index in [1.165, 1.54) is 12.3 Å². The number of aromatic amines is 1. The van der Waals surface area contributed by atoms with Gasteiger partial charge < -0.3 is 9.55 Å². The largest absolute Gasteiger partial charge is 0.340 e. The number of nitrogens with one attached hydrogen (secondary N) is 1. The molecule has 0 saturated heterocycles. The molecule has 7 nitrogen and oxygen atoms in total. The molecular formula is C24H17FN4O3S. The SMILES string of the molecule is CCn1c2cc(-c3cncc(S(=O)(=O)F)c3)c(C)cc2c(=O)c2c3ccc(C#N)cc3[nH]c21. The Kier molecular flexibility index (Phi) is 4.58. The molecule has 0 unspecified atom stereocenters. The van der Waals surface area contributed by atoms with Crippen molar-refractivity contribution in [3.8, 4) is 17.2 Å². The average Bonchev–Trinajstić information content (AvgIpc) is 3.17. The Balaban J connectivity index is 1.88. The molecule has 33 heavy (non-hydrogen) atoms. The molecule has 0 atom stereocenters. The third kappa shape index (κ3) is 3.18. The molecule has 0 aliphatic rings. The van der Waals surface area contributed by atoms with E-state index in [1.54, 1.807) is 37.3 Å². The molecule has 0 aliphatic carbocycles. The van der Waals surface area contributed by atoms with Gasteiger partial charge in [0.1, 0.15) is 10.5 Å². The molecule has 0 aliphatic heterocycles. The molecule has 0 saturated carbocycles. The van der Waals surface area contributed by atoms with Gasteiger partial charge in [-0.15, -0.1) is 3.89 Å². The summed E-state index contributed by atoms with van der Waals surface area (Å²) in [5.74, 6) is 0. The van der Waals surface area contributed by atoms with Crippen LogP contribution in [0.2, 0.25) is 0 Å². The van der Waals surface area contributed by atoms with Gasteiger partial charge in [-0.3, -0.25) is 9.78 Å². The zero-order chi connectivity index (χ0) is 23.5. The summed E-state index contributed by atoms with van der Waals surface area (Å²) in [6.07, 6.45) is 2.42. The van der Waals surface area contributed by atoms with Gasteiger partial charge in [-0.1, -0.05) is 6.07 Å². The second-order valence-corrected chi connectivity index (χ2v) is 9.17. The number of aromatic nitrogens is 3. The molecule has 5 rings (SSSR count). The fourth-order valence-electron chi connectivity index (χ4n) is 4.38. The highest BCUT2D eigenvalue weighted by Gasteiger charge is 2.19. The lowest BCUT2D eigenvalue weighted by molar-refractivity contribution is 0.551. The van der Waals surface area contributed by atoms with Crippen molar-refractivity contribution in [2.45, 2.75) is 25.3 Å². The monoisotopic (exact) mass is 460 g/mol. The molecule has 9 heteroatoms. The molecule has 0 fully saturated rings. The van der Waals surface area contributed by atoms with Gasteiger partial charge in [0.2, 0.25) is 0 Å². The first-order valence-corrected chi connectivity index (χ1v) is 11.5. The number of halogens is 1. The third-order valence-electron chi connectivity index (χ3n) is 5.90. The average molecular weight is 460 g/mol. The minimum atomic E-state index is -4.90. The van der Waals surface area contributed by atoms with E-state index in [1.807, 2.05) is 11.5 Å². The van der Waals surface area contributed by atoms with Gasteiger partial charge in [-0.05, 0) is 55.3 Å². The maximum atomic E-state index is 13.5. The smallest absolute Gasteiger partial charge is 0.333 e. The van der Waals surface area contributed by atoms with E-state index in [0.717, 1.165) is 17.1 Å². The maximum Gasteiger partial charge on any atom is 0.333 e. The summed E-state index contributed by atoms with van der Waals surface area (Å²) in [5, 5.41) is 11.0. The van der Waals surface area contributed by atoms with E-state index >= 15 is 0 Å². The Morgan fingerprint density at radius 1 is 1.15 bits per heavy atom. The van der Waals surface area contributed by atoms with Crippen molar-refractivity contribution in [3.05, 3.63) is 70.1 Å². The summed E-state index contributed by atoms with van der Waals surface area (Å²) in [6, 6.07) is 12.1. The molecule has 5 aromatic rings. The van der Waals surface area contributed by atoms with Crippen LogP contribution in [0.4, 0.5) is 3.89 Å². The normalized spacial score (nSPS) is 11.9. The number of aryl methyl sites for hydroxylation is 2. The van der Waals surface area contributed by atoms with Gasteiger partial charge in [0.15, 0.2) is 5.43 Å². The van der Waals surface area contributed by atoms with E-state index in [9.17, 15) is 22.4 Å². The summed E-state index contributed by atoms with van der Waals surface area (Å²) in [5.41, 5.74) is 4.12. The van der Waals surface area contributed by atoms with Crippen molar-refractivity contribution in [2.24, 2.45) is 0 Å². The second-order valence-electron chi connectivity index (χ2n) is 7.83. The van der Waals surface area contributed by atoms with Crippen LogP contribution in [-0.2, 0) is 16.8 Å². The van der Waals surface area contributed by atoms with Crippen molar-refractivity contribution < 1.29 is 12.3 Å². The van der Waals surface area contributed by atoms with Gasteiger partial charge in [0.05, 0.1) is 22.5 Å². The predicted molar refractivity (Wildman–Crippen MR) is 124 cm³/mol. The molecular weight excluding hydrogens is 443 g/mol. The Bertz CT molecular complexity index is 1830. The number of rotatable bonds is 3. The highest BCUT2D eigenvalue weighted by atomic mass is 32.3. The minimum absolute atomic E-state index is 0.145. The summed E-state index contributed by atoms with van der Waals surface area (Å²) in [6.45, 7) is 4.30. The van der Waals surface area contributed by atoms with Crippen molar-refractivity contribution >= 4 is 43.1 Å². The van der Waals surface area contributed by atoms with E-state index in [0.29, 0.717) is 50.7 Å². The number of benzene rings is 2. The highest BCUT2D eigenvalue weighted by Crippen LogP contribution is 2.32. The van der Waals surface area contributed by atoms with Crippen LogP contribution in [0, 0.1) is 18.3 Å². The first-order chi connectivity index (χ1) is 15.7. The molecule has 3 heterocycles. The van der Waals surface area contributed by atoms with Crippen LogP contribution in [0.25, 0.3) is 44.0 Å². The van der Waals surface area contributed by atoms with Gasteiger partial charge in [0, 0.05) is 40.8 Å². The minimum Gasteiger partial charge on any atom is -0.340 e. The summed E-state index contributed by atoms with van der Waals surface area (Å²) < 4.78 is 38.2. The summed E-state index contributed by atoms with van der Waals surface area (Å²) in [4.78, 5) is 20.2. The molecule has 3 aromatic heterocycles. The highest BCUT2D eigenvalue weighted by molar-refractivity contribution is 7.86. The fourth-order valence-corrected chi connectivity index (χ4v) is 4.84. The number of hydrogen-bond donors (Lipinski definition) is 1. The topological polar surface area (TPSA) is 109 Å². The molecule has 164 valence electrons. The Labute approximate surface area is 187 Å². The van der Waals surface area contributed by atoms with Gasteiger partial charge in [0.25, 0.3) is 0 Å². The lowest BCUT2D eigenvalue weighted by Crippen LogP contribution is -2.11. The first kappa shape index (κ1) is 20.8. The fraction of sp³-hybridized carbons (Fsp3) is 0.125. The van der Waals surface area contributed by atoms with Crippen LogP contribution in [0.5, 0.6) is 0 Å². The van der Waals surface area contributed by atoms with Crippen LogP contribution in [0.1, 0.15) is 18.1 Å². The van der Waals surface area contributed by atoms with E-state index in [-0.39, 0.29) is 5.43 Å². The Hall–Kier alpha value is -4.03. The second kappa shape index (κ2) is 7.25. The predicted octanol–water partition coefficient (Wildman–Crippen LogP) is 4.56. The number of fused-ring (bicyclic) bond motifs is 4. The van der Waals surface area contributed by atoms with Gasteiger partial charge in [-0.25, -0.2) is 0 Å². The van der Waals surface area contributed by atoms with Crippen molar-refractivity contribution in [1.82, 2.24) is 14.5 Å². The maximum absolute atomic E-state index is 13.5. The molecule has 0 spiro atoms. The molecule has 2 aromatic carbocycles. The lowest BCUT2D eigenvalue weighted by Gasteiger charge is -2.14. The van der Waals surface area contributed by atoms with Crippen LogP contribution >= 0.6 is 0 Å². The van der Waals surface area contributed by atoms with Crippen LogP contribution in [-0.4, -0.2) is 23.0 Å². The van der Waals surface area contributed by atoms with Crippen LogP contribution in [0.3, 0.4) is 0 Å². The number of nitrogens with zero attached hydrogens (tertiary/aromatic N) is 3. The zero-order valence-corrected chi connectivity index (χ0v) is 18.5. The van der Waals surface area contributed by atoms with E-state index in [2.05, 4.69) is 16.0 Å². The number of pyridine rings is 2. The standard InChI is InChI=1S/C24H17FN4O3S/c1-3-29-21-9-18(15-8-16(12-27-11-15)33(25,31)32)13(2)6-19(21)23(30)22-17-5-4-14(10-26)7-20(17)28-24(22)29/h4-9,11-12,28H,3H2,1-2H3. The molecule has 0 radical (unpaired) electrons. The molecule has 0 bridgehead atoms.